The summed E-state index contributed by atoms with van der Waals surface area (Å²) in [6.45, 7) is 4.14. The third-order valence-corrected chi connectivity index (χ3v) is 5.03. The van der Waals surface area contributed by atoms with Crippen molar-refractivity contribution < 1.29 is 4.39 Å². The molecule has 0 radical (unpaired) electrons. The van der Waals surface area contributed by atoms with Crippen molar-refractivity contribution >= 4 is 11.5 Å². The van der Waals surface area contributed by atoms with E-state index in [4.69, 9.17) is 0 Å². The van der Waals surface area contributed by atoms with E-state index in [1.165, 1.54) is 18.2 Å². The molecule has 1 atom stereocenters. The number of anilines is 2. The van der Waals surface area contributed by atoms with Gasteiger partial charge in [-0.15, -0.1) is 0 Å². The molecule has 1 spiro atoms. The quantitative estimate of drug-likeness (QED) is 0.847. The van der Waals surface area contributed by atoms with Gasteiger partial charge in [0.25, 0.3) is 0 Å². The highest BCUT2D eigenvalue weighted by molar-refractivity contribution is 5.49. The highest BCUT2D eigenvalue weighted by Crippen LogP contribution is 2.42. The number of rotatable bonds is 2. The predicted octanol–water partition coefficient (Wildman–Crippen LogP) is 3.33. The van der Waals surface area contributed by atoms with Gasteiger partial charge in [-0.3, -0.25) is 0 Å². The van der Waals surface area contributed by atoms with E-state index in [1.807, 2.05) is 0 Å². The standard InChI is InChI=1S/C18H20FN3/c19-15-6-9-20-17(12-15)22-11-8-18(14-22)7-10-21(13-18)16-4-2-1-3-5-16/h1-6,9,12H,7-8,10-11,13-14H2. The Kier molecular flexibility index (Phi) is 3.25. The van der Waals surface area contributed by atoms with E-state index in [0.29, 0.717) is 5.41 Å². The maximum Gasteiger partial charge on any atom is 0.131 e. The van der Waals surface area contributed by atoms with E-state index in [9.17, 15) is 4.39 Å². The van der Waals surface area contributed by atoms with Crippen molar-refractivity contribution in [2.24, 2.45) is 5.41 Å². The fourth-order valence-corrected chi connectivity index (χ4v) is 3.82. The summed E-state index contributed by atoms with van der Waals surface area (Å²) in [6, 6.07) is 13.6. The van der Waals surface area contributed by atoms with Crippen molar-refractivity contribution in [1.82, 2.24) is 4.98 Å². The molecule has 0 N–H and O–H groups in total. The molecule has 4 rings (SSSR count). The fraction of sp³-hybridized carbons (Fsp3) is 0.389. The minimum Gasteiger partial charge on any atom is -0.371 e. The molecular weight excluding hydrogens is 277 g/mol. The van der Waals surface area contributed by atoms with E-state index >= 15 is 0 Å². The van der Waals surface area contributed by atoms with Crippen LogP contribution in [0.25, 0.3) is 0 Å². The van der Waals surface area contributed by atoms with Crippen LogP contribution in [0.1, 0.15) is 12.8 Å². The predicted molar refractivity (Wildman–Crippen MR) is 86.7 cm³/mol. The molecule has 0 amide bonds. The molecule has 2 saturated heterocycles. The lowest BCUT2D eigenvalue weighted by atomic mass is 9.86. The highest BCUT2D eigenvalue weighted by atomic mass is 19.1. The number of hydrogen-bond acceptors (Lipinski definition) is 3. The van der Waals surface area contributed by atoms with Crippen molar-refractivity contribution in [2.75, 3.05) is 36.0 Å². The van der Waals surface area contributed by atoms with E-state index in [2.05, 4.69) is 45.1 Å². The lowest BCUT2D eigenvalue weighted by molar-refractivity contribution is 0.373. The van der Waals surface area contributed by atoms with E-state index in [-0.39, 0.29) is 5.82 Å². The largest absolute Gasteiger partial charge is 0.371 e. The zero-order valence-corrected chi connectivity index (χ0v) is 12.6. The molecule has 114 valence electrons. The van der Waals surface area contributed by atoms with Crippen LogP contribution >= 0.6 is 0 Å². The SMILES string of the molecule is Fc1ccnc(N2CCC3(CCN(c4ccccc4)C3)C2)c1. The van der Waals surface area contributed by atoms with Gasteiger partial charge >= 0.3 is 0 Å². The van der Waals surface area contributed by atoms with Crippen LogP contribution in [-0.4, -0.2) is 31.2 Å². The second-order valence-corrected chi connectivity index (χ2v) is 6.51. The Bertz CT molecular complexity index is 660. The van der Waals surface area contributed by atoms with Crippen molar-refractivity contribution in [3.05, 3.63) is 54.5 Å². The van der Waals surface area contributed by atoms with Gasteiger partial charge in [-0.25, -0.2) is 9.37 Å². The Morgan fingerprint density at radius 3 is 2.45 bits per heavy atom. The molecule has 2 fully saturated rings. The van der Waals surface area contributed by atoms with E-state index in [0.717, 1.165) is 38.4 Å². The summed E-state index contributed by atoms with van der Waals surface area (Å²) in [5.41, 5.74) is 1.63. The zero-order valence-electron chi connectivity index (χ0n) is 12.6. The molecule has 1 unspecified atom stereocenters. The van der Waals surface area contributed by atoms with Crippen molar-refractivity contribution in [1.29, 1.82) is 0 Å². The van der Waals surface area contributed by atoms with Crippen LogP contribution < -0.4 is 9.80 Å². The summed E-state index contributed by atoms with van der Waals surface area (Å²) >= 11 is 0. The number of hydrogen-bond donors (Lipinski definition) is 0. The Labute approximate surface area is 130 Å². The number of pyridine rings is 1. The highest BCUT2D eigenvalue weighted by Gasteiger charge is 2.43. The first-order valence-electron chi connectivity index (χ1n) is 7.91. The topological polar surface area (TPSA) is 19.4 Å². The molecule has 2 aliphatic rings. The summed E-state index contributed by atoms with van der Waals surface area (Å²) in [7, 11) is 0. The minimum absolute atomic E-state index is 0.205. The molecule has 3 nitrogen and oxygen atoms in total. The van der Waals surface area contributed by atoms with Gasteiger partial charge in [0.15, 0.2) is 0 Å². The van der Waals surface area contributed by atoms with Gasteiger partial charge in [-0.2, -0.15) is 0 Å². The molecule has 1 aromatic heterocycles. The Morgan fingerprint density at radius 2 is 1.68 bits per heavy atom. The van der Waals surface area contributed by atoms with Gasteiger partial charge in [0.05, 0.1) is 0 Å². The molecule has 3 heterocycles. The Hall–Kier alpha value is -2.10. The molecule has 0 saturated carbocycles. The molecule has 2 aromatic rings. The maximum absolute atomic E-state index is 13.4. The summed E-state index contributed by atoms with van der Waals surface area (Å²) in [4.78, 5) is 9.03. The van der Waals surface area contributed by atoms with Gasteiger partial charge in [0, 0.05) is 49.5 Å². The second-order valence-electron chi connectivity index (χ2n) is 6.51. The molecule has 4 heteroatoms. The van der Waals surface area contributed by atoms with Gasteiger partial charge in [-0.05, 0) is 31.0 Å². The van der Waals surface area contributed by atoms with Gasteiger partial charge < -0.3 is 9.80 Å². The number of para-hydroxylation sites is 1. The normalized spacial score (nSPS) is 24.4. The van der Waals surface area contributed by atoms with Crippen LogP contribution in [0.5, 0.6) is 0 Å². The number of nitrogens with zero attached hydrogens (tertiary/aromatic N) is 3. The molecule has 22 heavy (non-hydrogen) atoms. The number of benzene rings is 1. The van der Waals surface area contributed by atoms with Crippen LogP contribution in [0, 0.1) is 11.2 Å². The fourth-order valence-electron chi connectivity index (χ4n) is 3.82. The second kappa shape index (κ2) is 5.27. The average Bonchev–Trinajstić information content (AvgIpc) is 3.16. The lowest BCUT2D eigenvalue weighted by Gasteiger charge is -2.26. The molecular formula is C18H20FN3. The summed E-state index contributed by atoms with van der Waals surface area (Å²) < 4.78 is 13.4. The van der Waals surface area contributed by atoms with Crippen molar-refractivity contribution in [2.45, 2.75) is 12.8 Å². The van der Waals surface area contributed by atoms with E-state index in [1.54, 1.807) is 12.3 Å². The van der Waals surface area contributed by atoms with Crippen LogP contribution in [0.15, 0.2) is 48.7 Å². The third-order valence-electron chi connectivity index (χ3n) is 5.03. The van der Waals surface area contributed by atoms with Crippen molar-refractivity contribution in [3.8, 4) is 0 Å². The van der Waals surface area contributed by atoms with E-state index < -0.39 is 0 Å². The molecule has 1 aromatic carbocycles. The van der Waals surface area contributed by atoms with Gasteiger partial charge in [0.1, 0.15) is 11.6 Å². The van der Waals surface area contributed by atoms with Gasteiger partial charge in [-0.1, -0.05) is 18.2 Å². The van der Waals surface area contributed by atoms with Crippen LogP contribution in [0.4, 0.5) is 15.9 Å². The van der Waals surface area contributed by atoms with Crippen LogP contribution in [0.3, 0.4) is 0 Å². The maximum atomic E-state index is 13.4. The Balaban J connectivity index is 1.49. The van der Waals surface area contributed by atoms with Crippen molar-refractivity contribution in [3.63, 3.8) is 0 Å². The van der Waals surface area contributed by atoms with Gasteiger partial charge in [0.2, 0.25) is 0 Å². The lowest BCUT2D eigenvalue weighted by Crippen LogP contribution is -2.31. The van der Waals surface area contributed by atoms with Crippen LogP contribution in [-0.2, 0) is 0 Å². The first-order chi connectivity index (χ1) is 10.7. The zero-order chi connectivity index (χ0) is 15.0. The minimum atomic E-state index is -0.205. The summed E-state index contributed by atoms with van der Waals surface area (Å²) in [5.74, 6) is 0.568. The number of halogens is 1. The number of aromatic nitrogens is 1. The summed E-state index contributed by atoms with van der Waals surface area (Å²) in [6.07, 6.45) is 3.92. The molecule has 0 aliphatic carbocycles. The third kappa shape index (κ3) is 2.43. The van der Waals surface area contributed by atoms with Crippen LogP contribution in [0.2, 0.25) is 0 Å². The first-order valence-corrected chi connectivity index (χ1v) is 7.91. The first kappa shape index (κ1) is 13.6. The summed E-state index contributed by atoms with van der Waals surface area (Å²) in [5, 5.41) is 0. The monoisotopic (exact) mass is 297 g/mol. The Morgan fingerprint density at radius 1 is 0.955 bits per heavy atom. The average molecular weight is 297 g/mol. The molecule has 2 aliphatic heterocycles. The smallest absolute Gasteiger partial charge is 0.131 e. The molecule has 0 bridgehead atoms.